The van der Waals surface area contributed by atoms with Crippen LogP contribution in [0.4, 0.5) is 0 Å². The van der Waals surface area contributed by atoms with E-state index < -0.39 is 0 Å². The van der Waals surface area contributed by atoms with Gasteiger partial charge >= 0.3 is 0 Å². The molecule has 0 fully saturated rings. The maximum atomic E-state index is 5.30. The van der Waals surface area contributed by atoms with Gasteiger partial charge in [-0.2, -0.15) is 0 Å². The second kappa shape index (κ2) is 4.99. The summed E-state index contributed by atoms with van der Waals surface area (Å²) in [6.45, 7) is 6.84. The van der Waals surface area contributed by atoms with Crippen LogP contribution in [0.1, 0.15) is 11.4 Å². The molecule has 1 rings (SSSR count). The summed E-state index contributed by atoms with van der Waals surface area (Å²) >= 11 is 0. The first-order valence-corrected chi connectivity index (χ1v) is 4.52. The monoisotopic (exact) mass is 183 g/mol. The van der Waals surface area contributed by atoms with E-state index in [1.165, 1.54) is 5.69 Å². The Morgan fingerprint density at radius 1 is 1.46 bits per heavy atom. The van der Waals surface area contributed by atoms with Gasteiger partial charge in [0.25, 0.3) is 0 Å². The van der Waals surface area contributed by atoms with Crippen molar-refractivity contribution in [3.05, 3.63) is 17.7 Å². The first-order valence-electron chi connectivity index (χ1n) is 4.52. The lowest BCUT2D eigenvalue weighted by Crippen LogP contribution is -2.12. The SMILES string of the molecule is Cc1ncn(CCOCCN)c1C. The van der Waals surface area contributed by atoms with Gasteiger partial charge in [-0.25, -0.2) is 4.98 Å². The van der Waals surface area contributed by atoms with Crippen molar-refractivity contribution in [1.82, 2.24) is 9.55 Å². The van der Waals surface area contributed by atoms with Crippen LogP contribution < -0.4 is 5.73 Å². The molecule has 4 nitrogen and oxygen atoms in total. The van der Waals surface area contributed by atoms with Crippen LogP contribution in [-0.2, 0) is 11.3 Å². The van der Waals surface area contributed by atoms with Gasteiger partial charge in [-0.05, 0) is 13.8 Å². The van der Waals surface area contributed by atoms with E-state index in [1.807, 2.05) is 13.3 Å². The number of rotatable bonds is 5. The second-order valence-electron chi connectivity index (χ2n) is 3.01. The molecule has 0 aliphatic rings. The Bertz CT molecular complexity index is 257. The summed E-state index contributed by atoms with van der Waals surface area (Å²) in [6, 6.07) is 0. The smallest absolute Gasteiger partial charge is 0.0952 e. The van der Waals surface area contributed by atoms with Gasteiger partial charge in [0.15, 0.2) is 0 Å². The van der Waals surface area contributed by atoms with Gasteiger partial charge in [0, 0.05) is 18.8 Å². The van der Waals surface area contributed by atoms with Crippen molar-refractivity contribution in [3.8, 4) is 0 Å². The molecule has 1 aromatic rings. The molecule has 0 saturated carbocycles. The van der Waals surface area contributed by atoms with E-state index in [0.29, 0.717) is 19.8 Å². The lowest BCUT2D eigenvalue weighted by atomic mass is 10.4. The Hall–Kier alpha value is -0.870. The van der Waals surface area contributed by atoms with Crippen LogP contribution in [0.3, 0.4) is 0 Å². The highest BCUT2D eigenvalue weighted by Crippen LogP contribution is 2.03. The molecule has 0 saturated heterocycles. The van der Waals surface area contributed by atoms with Crippen molar-refractivity contribution in [2.24, 2.45) is 5.73 Å². The molecular formula is C9H17N3O. The van der Waals surface area contributed by atoms with Crippen molar-refractivity contribution >= 4 is 0 Å². The van der Waals surface area contributed by atoms with Crippen LogP contribution in [0.25, 0.3) is 0 Å². The molecule has 0 atom stereocenters. The minimum absolute atomic E-state index is 0.585. The summed E-state index contributed by atoms with van der Waals surface area (Å²) in [5.74, 6) is 0. The fourth-order valence-electron chi connectivity index (χ4n) is 1.12. The number of nitrogens with two attached hydrogens (primary N) is 1. The lowest BCUT2D eigenvalue weighted by molar-refractivity contribution is 0.133. The molecule has 0 bridgehead atoms. The van der Waals surface area contributed by atoms with E-state index in [-0.39, 0.29) is 0 Å². The Morgan fingerprint density at radius 3 is 2.77 bits per heavy atom. The number of aromatic nitrogens is 2. The predicted octanol–water partition coefficient (Wildman–Crippen LogP) is 0.475. The standard InChI is InChI=1S/C9H17N3O/c1-8-9(2)12(7-11-8)4-6-13-5-3-10/h7H,3-6,10H2,1-2H3. The molecule has 0 radical (unpaired) electrons. The summed E-state index contributed by atoms with van der Waals surface area (Å²) in [4.78, 5) is 4.20. The normalized spacial score (nSPS) is 10.7. The average molecular weight is 183 g/mol. The van der Waals surface area contributed by atoms with Crippen molar-refractivity contribution < 1.29 is 4.74 Å². The van der Waals surface area contributed by atoms with E-state index >= 15 is 0 Å². The summed E-state index contributed by atoms with van der Waals surface area (Å²) in [6.07, 6.45) is 1.84. The minimum Gasteiger partial charge on any atom is -0.378 e. The van der Waals surface area contributed by atoms with Crippen LogP contribution in [0.2, 0.25) is 0 Å². The topological polar surface area (TPSA) is 53.1 Å². The fraction of sp³-hybridized carbons (Fsp3) is 0.667. The van der Waals surface area contributed by atoms with E-state index in [0.717, 1.165) is 12.2 Å². The third kappa shape index (κ3) is 2.82. The largest absolute Gasteiger partial charge is 0.378 e. The Morgan fingerprint density at radius 2 is 2.23 bits per heavy atom. The van der Waals surface area contributed by atoms with Gasteiger partial charge in [-0.1, -0.05) is 0 Å². The van der Waals surface area contributed by atoms with Crippen molar-refractivity contribution in [3.63, 3.8) is 0 Å². The summed E-state index contributed by atoms with van der Waals surface area (Å²) in [5, 5.41) is 0. The van der Waals surface area contributed by atoms with Crippen LogP contribution in [-0.4, -0.2) is 29.3 Å². The predicted molar refractivity (Wildman–Crippen MR) is 51.6 cm³/mol. The van der Waals surface area contributed by atoms with Crippen LogP contribution in [0, 0.1) is 13.8 Å². The molecular weight excluding hydrogens is 166 g/mol. The molecule has 1 heterocycles. The molecule has 74 valence electrons. The van der Waals surface area contributed by atoms with E-state index in [4.69, 9.17) is 10.5 Å². The summed E-state index contributed by atoms with van der Waals surface area (Å²) < 4.78 is 7.37. The van der Waals surface area contributed by atoms with Crippen LogP contribution in [0.15, 0.2) is 6.33 Å². The average Bonchev–Trinajstić information content (AvgIpc) is 2.43. The molecule has 0 unspecified atom stereocenters. The zero-order chi connectivity index (χ0) is 9.68. The minimum atomic E-state index is 0.585. The molecule has 0 aliphatic heterocycles. The third-order valence-corrected chi connectivity index (χ3v) is 2.08. The number of hydrogen-bond acceptors (Lipinski definition) is 3. The number of hydrogen-bond donors (Lipinski definition) is 1. The van der Waals surface area contributed by atoms with E-state index in [9.17, 15) is 0 Å². The highest BCUT2D eigenvalue weighted by atomic mass is 16.5. The molecule has 1 aromatic heterocycles. The Kier molecular flexibility index (Phi) is 3.92. The lowest BCUT2D eigenvalue weighted by Gasteiger charge is -2.05. The van der Waals surface area contributed by atoms with Crippen molar-refractivity contribution in [2.75, 3.05) is 19.8 Å². The molecule has 0 spiro atoms. The van der Waals surface area contributed by atoms with E-state index in [1.54, 1.807) is 0 Å². The molecule has 13 heavy (non-hydrogen) atoms. The Labute approximate surface area is 78.7 Å². The number of ether oxygens (including phenoxy) is 1. The highest BCUT2D eigenvalue weighted by molar-refractivity contribution is 5.08. The summed E-state index contributed by atoms with van der Waals surface area (Å²) in [5.41, 5.74) is 7.59. The first kappa shape index (κ1) is 10.2. The molecule has 0 aliphatic carbocycles. The molecule has 4 heteroatoms. The van der Waals surface area contributed by atoms with Crippen LogP contribution >= 0.6 is 0 Å². The van der Waals surface area contributed by atoms with Crippen molar-refractivity contribution in [1.29, 1.82) is 0 Å². The number of imidazole rings is 1. The van der Waals surface area contributed by atoms with Gasteiger partial charge in [-0.3, -0.25) is 0 Å². The van der Waals surface area contributed by atoms with Crippen LogP contribution in [0.5, 0.6) is 0 Å². The van der Waals surface area contributed by atoms with Gasteiger partial charge in [0.1, 0.15) is 0 Å². The van der Waals surface area contributed by atoms with Gasteiger partial charge in [-0.15, -0.1) is 0 Å². The van der Waals surface area contributed by atoms with Gasteiger partial charge in [0.2, 0.25) is 0 Å². The number of nitrogens with zero attached hydrogens (tertiary/aromatic N) is 2. The first-order chi connectivity index (χ1) is 6.25. The second-order valence-corrected chi connectivity index (χ2v) is 3.01. The Balaban J connectivity index is 2.32. The molecule has 2 N–H and O–H groups in total. The van der Waals surface area contributed by atoms with Gasteiger partial charge in [0.05, 0.1) is 25.2 Å². The maximum Gasteiger partial charge on any atom is 0.0952 e. The quantitative estimate of drug-likeness (QED) is 0.675. The highest BCUT2D eigenvalue weighted by Gasteiger charge is 2.00. The fourth-order valence-corrected chi connectivity index (χ4v) is 1.12. The third-order valence-electron chi connectivity index (χ3n) is 2.08. The number of aryl methyl sites for hydroxylation is 1. The molecule has 0 amide bonds. The maximum absolute atomic E-state index is 5.30. The molecule has 0 aromatic carbocycles. The summed E-state index contributed by atoms with van der Waals surface area (Å²) in [7, 11) is 0. The zero-order valence-corrected chi connectivity index (χ0v) is 8.29. The van der Waals surface area contributed by atoms with Crippen molar-refractivity contribution in [2.45, 2.75) is 20.4 Å². The zero-order valence-electron chi connectivity index (χ0n) is 8.29. The van der Waals surface area contributed by atoms with Gasteiger partial charge < -0.3 is 15.0 Å². The van der Waals surface area contributed by atoms with E-state index in [2.05, 4.69) is 16.5 Å².